The topological polar surface area (TPSA) is 128 Å². The molecule has 10 nitrogen and oxygen atoms in total. The molecule has 1 N–H and O–H groups in total. The molecule has 0 aromatic heterocycles. The van der Waals surface area contributed by atoms with Crippen LogP contribution >= 0.6 is 7.60 Å². The molecular formula is C50H44F5N2O8P. The predicted molar refractivity (Wildman–Crippen MR) is 232 cm³/mol. The van der Waals surface area contributed by atoms with E-state index in [2.05, 4.69) is 50.6 Å². The first-order chi connectivity index (χ1) is 31.8. The van der Waals surface area contributed by atoms with Crippen LogP contribution in [0.3, 0.4) is 0 Å². The molecule has 5 aliphatic rings. The number of carbonyl (C=O) groups excluding carboxylic acids is 1. The fourth-order valence-corrected chi connectivity index (χ4v) is 11.7. The number of nitrogens with zero attached hydrogens (tertiary/aromatic N) is 2. The first kappa shape index (κ1) is 44.0. The van der Waals surface area contributed by atoms with Gasteiger partial charge >= 0.3 is 11.9 Å². The summed E-state index contributed by atoms with van der Waals surface area (Å²) < 4.78 is 102. The van der Waals surface area contributed by atoms with Crippen molar-refractivity contribution in [1.82, 2.24) is 4.58 Å². The fourth-order valence-electron chi connectivity index (χ4n) is 10.6. The average molecular weight is 927 g/mol. The summed E-state index contributed by atoms with van der Waals surface area (Å²) in [6.45, 7) is 2.41. The highest BCUT2D eigenvalue weighted by atomic mass is 31.2. The Kier molecular flexibility index (Phi) is 11.6. The minimum Gasteiger partial charge on any atom is -0.775 e. The maximum Gasteiger partial charge on any atom is 0.336 e. The Morgan fingerprint density at radius 2 is 1.53 bits per heavy atom. The summed E-state index contributed by atoms with van der Waals surface area (Å²) in [6, 6.07) is 18.8. The number of unbranched alkanes of at least 4 members (excludes halogenated alkanes) is 2. The number of esters is 1. The van der Waals surface area contributed by atoms with Gasteiger partial charge in [0.1, 0.15) is 24.6 Å². The van der Waals surface area contributed by atoms with Crippen molar-refractivity contribution in [3.63, 3.8) is 0 Å². The highest BCUT2D eigenvalue weighted by molar-refractivity contribution is 7.59. The minimum atomic E-state index is -4.86. The third-order valence-corrected chi connectivity index (χ3v) is 14.9. The molecule has 342 valence electrons. The molecule has 5 aromatic rings. The van der Waals surface area contributed by atoms with E-state index in [4.69, 9.17) is 9.26 Å². The Morgan fingerprint density at radius 3 is 2.29 bits per heavy atom. The maximum atomic E-state index is 14.0. The van der Waals surface area contributed by atoms with Crippen molar-refractivity contribution in [3.05, 3.63) is 145 Å². The van der Waals surface area contributed by atoms with Crippen LogP contribution in [-0.2, 0) is 39.6 Å². The van der Waals surface area contributed by atoms with Gasteiger partial charge < -0.3 is 33.5 Å². The maximum absolute atomic E-state index is 14.0. The second-order valence-corrected chi connectivity index (χ2v) is 19.2. The van der Waals surface area contributed by atoms with Crippen LogP contribution < -0.4 is 39.7 Å². The molecule has 5 aromatic carbocycles. The summed E-state index contributed by atoms with van der Waals surface area (Å²) in [5, 5.41) is 12.4. The lowest BCUT2D eigenvalue weighted by Crippen LogP contribution is -2.45. The zero-order chi connectivity index (χ0) is 46.0. The summed E-state index contributed by atoms with van der Waals surface area (Å²) >= 11 is 0. The van der Waals surface area contributed by atoms with Crippen molar-refractivity contribution < 1.29 is 60.1 Å². The average Bonchev–Trinajstić information content (AvgIpc) is 3.32. The number of aromatic carboxylic acids is 1. The Labute approximate surface area is 376 Å². The van der Waals surface area contributed by atoms with Crippen molar-refractivity contribution in [2.75, 3.05) is 31.1 Å². The number of benzene rings is 5. The van der Waals surface area contributed by atoms with Gasteiger partial charge in [0.15, 0.2) is 7.60 Å². The molecule has 0 aliphatic carbocycles. The molecule has 66 heavy (non-hydrogen) atoms. The smallest absolute Gasteiger partial charge is 0.336 e. The second-order valence-electron chi connectivity index (χ2n) is 17.5. The van der Waals surface area contributed by atoms with Crippen molar-refractivity contribution in [1.29, 1.82) is 0 Å². The van der Waals surface area contributed by atoms with Crippen molar-refractivity contribution >= 4 is 36.1 Å². The van der Waals surface area contributed by atoms with Gasteiger partial charge in [0.05, 0.1) is 23.8 Å². The van der Waals surface area contributed by atoms with Crippen LogP contribution in [0.4, 0.5) is 27.6 Å². The molecule has 0 spiro atoms. The van der Waals surface area contributed by atoms with Crippen molar-refractivity contribution in [2.45, 2.75) is 83.1 Å². The standard InChI is InChI=1S/C50H44F5N2O8P/c51-40-41(52)43(54)49(44(55)42(40)53)64-38(58)15-5-2-6-23-63-66(61,62)30-17-18-31(50(59)60)34(26-30)39-35-24-28-12-7-20-56-21-8-13-32(45(28)56)47(35)65-48-33-14-9-22-57-37(27-10-3-1-4-11-27)19-16-29(46(33)57)25-36(39)48/h1,3-4,10-11,17-18,24-26,37H,2,5-9,12-16,19-23H2,(H-,59,60,61,62). The highest BCUT2D eigenvalue weighted by Crippen LogP contribution is 2.52. The Hall–Kier alpha value is -5.89. The van der Waals surface area contributed by atoms with Crippen LogP contribution in [0.25, 0.3) is 5.57 Å². The van der Waals surface area contributed by atoms with Crippen LogP contribution in [0.5, 0.6) is 17.2 Å². The van der Waals surface area contributed by atoms with Gasteiger partial charge in [-0.05, 0) is 98.4 Å². The predicted octanol–water partition coefficient (Wildman–Crippen LogP) is 7.62. The molecule has 0 amide bonds. The first-order valence-corrected chi connectivity index (χ1v) is 23.9. The zero-order valence-corrected chi connectivity index (χ0v) is 36.6. The van der Waals surface area contributed by atoms with Gasteiger partial charge in [0.25, 0.3) is 0 Å². The Balaban J connectivity index is 0.986. The molecule has 5 heterocycles. The molecule has 0 fully saturated rings. The lowest BCUT2D eigenvalue weighted by Gasteiger charge is -2.44. The highest BCUT2D eigenvalue weighted by Gasteiger charge is 2.39. The number of hydrogen-bond acceptors (Lipinski definition) is 8. The summed E-state index contributed by atoms with van der Waals surface area (Å²) in [4.78, 5) is 41.8. The van der Waals surface area contributed by atoms with E-state index in [-0.39, 0.29) is 48.3 Å². The number of hydrogen-bond donors (Lipinski definition) is 1. The normalized spacial score (nSPS) is 17.8. The van der Waals surface area contributed by atoms with Crippen LogP contribution in [0.1, 0.15) is 107 Å². The lowest BCUT2D eigenvalue weighted by molar-refractivity contribution is -0.194. The van der Waals surface area contributed by atoms with Crippen molar-refractivity contribution in [3.8, 4) is 17.2 Å². The second kappa shape index (κ2) is 17.4. The summed E-state index contributed by atoms with van der Waals surface area (Å²) in [5.74, 6) is -14.3. The van der Waals surface area contributed by atoms with Gasteiger partial charge in [-0.3, -0.25) is 4.79 Å². The lowest BCUT2D eigenvalue weighted by atomic mass is 9.80. The number of anilines is 1. The zero-order valence-electron chi connectivity index (χ0n) is 35.7. The van der Waals surface area contributed by atoms with E-state index >= 15 is 0 Å². The Bertz CT molecular complexity index is 3020. The van der Waals surface area contributed by atoms with E-state index in [9.17, 15) is 46.1 Å². The molecule has 16 heteroatoms. The number of rotatable bonds is 12. The molecule has 2 atom stereocenters. The van der Waals surface area contributed by atoms with Gasteiger partial charge in [-0.1, -0.05) is 36.8 Å². The first-order valence-electron chi connectivity index (χ1n) is 22.4. The largest absolute Gasteiger partial charge is 0.775 e. The number of fused-ring (bicyclic) bond motifs is 4. The van der Waals surface area contributed by atoms with E-state index in [1.807, 2.05) is 6.07 Å². The van der Waals surface area contributed by atoms with Gasteiger partial charge in [-0.2, -0.15) is 8.78 Å². The van der Waals surface area contributed by atoms with Gasteiger partial charge in [0.2, 0.25) is 40.2 Å². The van der Waals surface area contributed by atoms with E-state index in [1.165, 1.54) is 29.1 Å². The monoisotopic (exact) mass is 926 g/mol. The van der Waals surface area contributed by atoms with Crippen LogP contribution in [0, 0.1) is 29.1 Å². The van der Waals surface area contributed by atoms with E-state index in [0.29, 0.717) is 22.6 Å². The summed E-state index contributed by atoms with van der Waals surface area (Å²) in [7, 11) is -4.86. The number of carboxylic acids is 1. The molecule has 0 saturated heterocycles. The third kappa shape index (κ3) is 7.58. The molecule has 10 rings (SSSR count). The van der Waals surface area contributed by atoms with Crippen molar-refractivity contribution in [2.24, 2.45) is 0 Å². The van der Waals surface area contributed by atoms with E-state index < -0.39 is 60.8 Å². The number of aryl methyl sites for hydroxylation is 2. The number of carbonyl (C=O) groups is 2. The Morgan fingerprint density at radius 1 is 0.803 bits per heavy atom. The van der Waals surface area contributed by atoms with E-state index in [0.717, 1.165) is 104 Å². The molecule has 0 radical (unpaired) electrons. The minimum absolute atomic E-state index is 0.0111. The summed E-state index contributed by atoms with van der Waals surface area (Å²) in [5.41, 5.74) is 8.24. The molecular weight excluding hydrogens is 883 g/mol. The van der Waals surface area contributed by atoms with Gasteiger partial charge in [-0.25, -0.2) is 22.5 Å². The molecule has 5 aliphatic heterocycles. The third-order valence-electron chi connectivity index (χ3n) is 13.5. The van der Waals surface area contributed by atoms with Crippen LogP contribution in [0.2, 0.25) is 0 Å². The van der Waals surface area contributed by atoms with Crippen LogP contribution in [0.15, 0.2) is 60.7 Å². The number of ether oxygens (including phenoxy) is 2. The molecule has 0 saturated carbocycles. The SMILES string of the molecule is O=C(CCCCCOP(=O)([O-])c1ccc(C(=O)O)c(C2=c3cc4c5c(c3Oc3c2cc2c6c3CCCN6C(c3ccccc3)CC2)CCC[N+]=5CCC4)c1)Oc1c(F)c(F)c(F)c(F)c1F. The van der Waals surface area contributed by atoms with E-state index in [1.54, 1.807) is 0 Å². The molecule has 0 bridgehead atoms. The van der Waals surface area contributed by atoms with Gasteiger partial charge in [-0.15, -0.1) is 0 Å². The fraction of sp³-hybridized carbons (Fsp3) is 0.340. The van der Waals surface area contributed by atoms with Gasteiger partial charge in [0, 0.05) is 64.3 Å². The summed E-state index contributed by atoms with van der Waals surface area (Å²) in [6.07, 6.45) is 6.59. The molecule has 2 unspecified atom stereocenters. The van der Waals surface area contributed by atoms with Crippen LogP contribution in [-0.4, -0.2) is 43.3 Å². The number of carboxylic acid groups (broad SMARTS) is 1. The quantitative estimate of drug-likeness (QED) is 0.0193. The number of halogens is 5.